The fourth-order valence-corrected chi connectivity index (χ4v) is 8.43. The van der Waals surface area contributed by atoms with Gasteiger partial charge in [0, 0.05) is 58.0 Å². The predicted octanol–water partition coefficient (Wildman–Crippen LogP) is 2.89. The van der Waals surface area contributed by atoms with E-state index >= 15 is 0 Å². The van der Waals surface area contributed by atoms with E-state index in [1.54, 1.807) is 23.8 Å². The van der Waals surface area contributed by atoms with E-state index in [1.165, 1.54) is 18.4 Å². The molecule has 0 bridgehead atoms. The molecule has 47 heavy (non-hydrogen) atoms. The van der Waals surface area contributed by atoms with Gasteiger partial charge in [-0.15, -0.1) is 0 Å². The third-order valence-corrected chi connectivity index (χ3v) is 12.0. The Bertz CT molecular complexity index is 1070. The number of rotatable bonds is 19. The zero-order valence-corrected chi connectivity index (χ0v) is 30.9. The van der Waals surface area contributed by atoms with Crippen LogP contribution in [0.15, 0.2) is 0 Å². The number of hydrogen-bond donors (Lipinski definition) is 4. The largest absolute Gasteiger partial charge is 0.393 e. The molecule has 0 aliphatic heterocycles. The van der Waals surface area contributed by atoms with Crippen LogP contribution in [0.3, 0.4) is 0 Å². The second kappa shape index (κ2) is 20.0. The molecule has 0 saturated heterocycles. The SMILES string of the molecule is CCCCN(CC(O)C(CC1CCC(O)CC1)NC(=O)C1CC(C(=O)N(CCC)CCC)CC(S(=O)(=O)N(C)C)C1)NC(=O)C(C)C. The molecule has 2 aliphatic carbocycles. The van der Waals surface area contributed by atoms with Gasteiger partial charge in [-0.3, -0.25) is 19.8 Å². The van der Waals surface area contributed by atoms with Gasteiger partial charge in [-0.25, -0.2) is 17.7 Å². The van der Waals surface area contributed by atoms with Gasteiger partial charge in [0.25, 0.3) is 0 Å². The van der Waals surface area contributed by atoms with E-state index in [9.17, 15) is 33.0 Å². The van der Waals surface area contributed by atoms with E-state index in [0.717, 1.165) is 38.5 Å². The molecule has 12 nitrogen and oxygen atoms in total. The second-order valence-electron chi connectivity index (χ2n) is 14.4. The molecule has 4 N–H and O–H groups in total. The molecule has 0 aromatic carbocycles. The molecule has 2 fully saturated rings. The van der Waals surface area contributed by atoms with Crippen molar-refractivity contribution in [3.05, 3.63) is 0 Å². The molecule has 2 saturated carbocycles. The highest BCUT2D eigenvalue weighted by Gasteiger charge is 2.44. The van der Waals surface area contributed by atoms with Crippen molar-refractivity contribution in [3.63, 3.8) is 0 Å². The van der Waals surface area contributed by atoms with Crippen molar-refractivity contribution in [2.24, 2.45) is 23.7 Å². The van der Waals surface area contributed by atoms with Crippen LogP contribution in [0.25, 0.3) is 0 Å². The Hall–Kier alpha value is -1.80. The molecule has 0 spiro atoms. The molecule has 2 rings (SSSR count). The van der Waals surface area contributed by atoms with Crippen LogP contribution in [-0.4, -0.2) is 114 Å². The van der Waals surface area contributed by atoms with Crippen LogP contribution >= 0.6 is 0 Å². The Morgan fingerprint density at radius 2 is 1.47 bits per heavy atom. The highest BCUT2D eigenvalue weighted by Crippen LogP contribution is 2.36. The standard InChI is InChI=1S/C34H65N5O7S/c1-8-11-18-39(36-32(42)24(4)5)23-31(41)30(19-25-12-14-28(40)15-13-25)35-33(43)26-20-27(34(44)38(16-9-2)17-10-3)22-29(21-26)47(45,46)37(6)7/h24-31,40-41H,8-23H2,1-7H3,(H,35,43)(H,36,42). The highest BCUT2D eigenvalue weighted by molar-refractivity contribution is 7.89. The summed E-state index contributed by atoms with van der Waals surface area (Å²) < 4.78 is 27.9. The maximum absolute atomic E-state index is 14.1. The number of aliphatic hydroxyl groups excluding tert-OH is 2. The van der Waals surface area contributed by atoms with Crippen molar-refractivity contribution in [3.8, 4) is 0 Å². The average Bonchev–Trinajstić information content (AvgIpc) is 3.03. The van der Waals surface area contributed by atoms with Gasteiger partial charge in [-0.05, 0) is 76.5 Å². The number of sulfonamides is 1. The van der Waals surface area contributed by atoms with Crippen LogP contribution in [0, 0.1) is 23.7 Å². The molecule has 274 valence electrons. The molecule has 13 heteroatoms. The first-order chi connectivity index (χ1) is 22.1. The number of hydrazine groups is 1. The van der Waals surface area contributed by atoms with E-state index in [1.807, 2.05) is 13.8 Å². The third kappa shape index (κ3) is 12.9. The van der Waals surface area contributed by atoms with Gasteiger partial charge in [0.05, 0.1) is 23.5 Å². The Morgan fingerprint density at radius 1 is 0.872 bits per heavy atom. The summed E-state index contributed by atoms with van der Waals surface area (Å²) in [5.41, 5.74) is 2.92. The summed E-state index contributed by atoms with van der Waals surface area (Å²) in [7, 11) is -0.780. The van der Waals surface area contributed by atoms with Gasteiger partial charge in [0.2, 0.25) is 27.7 Å². The van der Waals surface area contributed by atoms with Gasteiger partial charge in [-0.2, -0.15) is 0 Å². The number of unbranched alkanes of at least 4 members (excludes halogenated alkanes) is 1. The highest BCUT2D eigenvalue weighted by atomic mass is 32.2. The second-order valence-corrected chi connectivity index (χ2v) is 16.8. The topological polar surface area (TPSA) is 160 Å². The van der Waals surface area contributed by atoms with E-state index < -0.39 is 39.3 Å². The molecule has 5 unspecified atom stereocenters. The summed E-state index contributed by atoms with van der Waals surface area (Å²) in [6.07, 6.45) is 5.83. The number of hydrogen-bond acceptors (Lipinski definition) is 8. The number of carbonyl (C=O) groups excluding carboxylic acids is 3. The lowest BCUT2D eigenvalue weighted by atomic mass is 9.79. The van der Waals surface area contributed by atoms with Gasteiger partial charge in [-0.1, -0.05) is 41.0 Å². The number of aliphatic hydroxyl groups is 2. The minimum absolute atomic E-state index is 0.100. The summed E-state index contributed by atoms with van der Waals surface area (Å²) in [4.78, 5) is 42.2. The Balaban J connectivity index is 2.35. The van der Waals surface area contributed by atoms with Crippen molar-refractivity contribution in [2.75, 3.05) is 40.3 Å². The van der Waals surface area contributed by atoms with E-state index in [4.69, 9.17) is 0 Å². The molecule has 0 aromatic heterocycles. The lowest BCUT2D eigenvalue weighted by molar-refractivity contribution is -0.139. The summed E-state index contributed by atoms with van der Waals surface area (Å²) in [6, 6.07) is -0.653. The summed E-state index contributed by atoms with van der Waals surface area (Å²) in [5.74, 6) is -1.98. The van der Waals surface area contributed by atoms with E-state index in [0.29, 0.717) is 38.9 Å². The summed E-state index contributed by atoms with van der Waals surface area (Å²) in [5, 5.41) is 25.6. The zero-order chi connectivity index (χ0) is 35.3. The molecule has 3 amide bonds. The number of carbonyl (C=O) groups is 3. The molecular weight excluding hydrogens is 622 g/mol. The predicted molar refractivity (Wildman–Crippen MR) is 184 cm³/mol. The van der Waals surface area contributed by atoms with Gasteiger partial charge in [0.15, 0.2) is 0 Å². The van der Waals surface area contributed by atoms with Gasteiger partial charge < -0.3 is 20.4 Å². The monoisotopic (exact) mass is 687 g/mol. The first kappa shape index (κ1) is 41.4. The smallest absolute Gasteiger partial charge is 0.236 e. The van der Waals surface area contributed by atoms with Crippen LogP contribution in [0.4, 0.5) is 0 Å². The Labute approximate surface area is 284 Å². The van der Waals surface area contributed by atoms with Crippen molar-refractivity contribution in [1.82, 2.24) is 25.0 Å². The first-order valence-electron chi connectivity index (χ1n) is 18.1. The van der Waals surface area contributed by atoms with Crippen molar-refractivity contribution < 1.29 is 33.0 Å². The normalized spacial score (nSPS) is 25.1. The maximum atomic E-state index is 14.1. The summed E-state index contributed by atoms with van der Waals surface area (Å²) in [6.45, 7) is 11.5. The fourth-order valence-electron chi connectivity index (χ4n) is 6.89. The first-order valence-corrected chi connectivity index (χ1v) is 19.6. The van der Waals surface area contributed by atoms with Crippen LogP contribution in [-0.2, 0) is 24.4 Å². The summed E-state index contributed by atoms with van der Waals surface area (Å²) >= 11 is 0. The average molecular weight is 688 g/mol. The van der Waals surface area contributed by atoms with Crippen LogP contribution in [0.5, 0.6) is 0 Å². The number of amides is 3. The van der Waals surface area contributed by atoms with E-state index in [2.05, 4.69) is 17.7 Å². The lowest BCUT2D eigenvalue weighted by Crippen LogP contribution is -2.55. The quantitative estimate of drug-likeness (QED) is 0.151. The molecule has 2 aliphatic rings. The minimum Gasteiger partial charge on any atom is -0.393 e. The third-order valence-electron chi connectivity index (χ3n) is 9.79. The molecule has 0 radical (unpaired) electrons. The van der Waals surface area contributed by atoms with Crippen LogP contribution in [0.1, 0.15) is 112 Å². The Morgan fingerprint density at radius 3 is 2.00 bits per heavy atom. The van der Waals surface area contributed by atoms with Crippen LogP contribution < -0.4 is 10.7 Å². The maximum Gasteiger partial charge on any atom is 0.236 e. The van der Waals surface area contributed by atoms with Crippen LogP contribution in [0.2, 0.25) is 0 Å². The van der Waals surface area contributed by atoms with Crippen molar-refractivity contribution in [2.45, 2.75) is 135 Å². The fraction of sp³-hybridized carbons (Fsp3) is 0.912. The van der Waals surface area contributed by atoms with Crippen molar-refractivity contribution in [1.29, 1.82) is 0 Å². The van der Waals surface area contributed by atoms with E-state index in [-0.39, 0.29) is 61.5 Å². The van der Waals surface area contributed by atoms with Gasteiger partial charge in [0.1, 0.15) is 0 Å². The van der Waals surface area contributed by atoms with Gasteiger partial charge >= 0.3 is 0 Å². The van der Waals surface area contributed by atoms with Crippen molar-refractivity contribution >= 4 is 27.7 Å². The number of nitrogens with one attached hydrogen (secondary N) is 2. The molecular formula is C34H65N5O7S. The lowest BCUT2D eigenvalue weighted by Gasteiger charge is -2.38. The zero-order valence-electron chi connectivity index (χ0n) is 30.1. The minimum atomic E-state index is -3.74. The molecule has 0 heterocycles. The number of nitrogens with zero attached hydrogens (tertiary/aromatic N) is 3. The molecule has 5 atom stereocenters. The molecule has 0 aromatic rings. The Kier molecular flexibility index (Phi) is 17.6.